The fraction of sp³-hybridized carbons (Fsp3) is 0. The summed E-state index contributed by atoms with van der Waals surface area (Å²) in [4.78, 5) is 0. The molecule has 0 aliphatic heterocycles. The second-order valence-corrected chi connectivity index (χ2v) is 3.93. The predicted octanol–water partition coefficient (Wildman–Crippen LogP) is 3.57. The Bertz CT molecular complexity index is 769. The van der Waals surface area contributed by atoms with Gasteiger partial charge in [0.15, 0.2) is 0 Å². The van der Waals surface area contributed by atoms with Gasteiger partial charge in [0.25, 0.3) is 0 Å². The van der Waals surface area contributed by atoms with Crippen LogP contribution in [0.5, 0.6) is 5.75 Å². The average Bonchev–Trinajstić information content (AvgIpc) is 2.40. The number of rotatable bonds is 0. The molecule has 0 radical (unpaired) electrons. The molecule has 0 amide bonds. The first-order valence-corrected chi connectivity index (χ1v) is 5.35. The summed E-state index contributed by atoms with van der Waals surface area (Å²) >= 11 is 0. The number of nitrogens with zero attached hydrogens (tertiary/aromatic N) is 1. The van der Waals surface area contributed by atoms with E-state index in [9.17, 15) is 5.11 Å². The second kappa shape index (κ2) is 3.50. The van der Waals surface area contributed by atoms with E-state index in [0.717, 1.165) is 21.5 Å². The Hall–Kier alpha value is -2.53. The molecule has 17 heavy (non-hydrogen) atoms. The van der Waals surface area contributed by atoms with Gasteiger partial charge in [-0.25, -0.2) is 0 Å². The quantitative estimate of drug-likeness (QED) is 0.587. The standard InChI is InChI=1S/C15H9NO/c16-9-14-12-7-2-1-5-10(12)11-6-3-4-8-13(11)15(14)17/h1-8,17H. The van der Waals surface area contributed by atoms with E-state index in [1.165, 1.54) is 0 Å². The third kappa shape index (κ3) is 1.26. The van der Waals surface area contributed by atoms with Crippen molar-refractivity contribution in [3.63, 3.8) is 0 Å². The Morgan fingerprint density at radius 3 is 1.82 bits per heavy atom. The molecule has 0 spiro atoms. The third-order valence-corrected chi connectivity index (χ3v) is 3.02. The van der Waals surface area contributed by atoms with Gasteiger partial charge in [0.05, 0.1) is 0 Å². The number of phenols is 1. The van der Waals surface area contributed by atoms with Crippen LogP contribution in [0.1, 0.15) is 5.56 Å². The SMILES string of the molecule is N#Cc1c(O)c2ccccc2c2ccccc12. The van der Waals surface area contributed by atoms with Gasteiger partial charge in [-0.1, -0.05) is 48.5 Å². The Balaban J connectivity index is 2.70. The minimum absolute atomic E-state index is 0.0711. The van der Waals surface area contributed by atoms with Crippen LogP contribution in [0.3, 0.4) is 0 Å². The van der Waals surface area contributed by atoms with Gasteiger partial charge in [-0.3, -0.25) is 0 Å². The number of phenolic OH excluding ortho intramolecular Hbond substituents is 1. The van der Waals surface area contributed by atoms with Crippen molar-refractivity contribution in [1.29, 1.82) is 5.26 Å². The van der Waals surface area contributed by atoms with Gasteiger partial charge in [0, 0.05) is 10.8 Å². The number of hydrogen-bond donors (Lipinski definition) is 1. The molecule has 0 saturated carbocycles. The summed E-state index contributed by atoms with van der Waals surface area (Å²) in [5.41, 5.74) is 0.347. The van der Waals surface area contributed by atoms with Crippen LogP contribution in [0.4, 0.5) is 0 Å². The molecule has 0 unspecified atom stereocenters. The molecule has 0 fully saturated rings. The van der Waals surface area contributed by atoms with Crippen LogP contribution < -0.4 is 0 Å². The lowest BCUT2D eigenvalue weighted by atomic mass is 9.97. The zero-order valence-corrected chi connectivity index (χ0v) is 9.01. The molecule has 2 heteroatoms. The summed E-state index contributed by atoms with van der Waals surface area (Å²) in [7, 11) is 0. The summed E-state index contributed by atoms with van der Waals surface area (Å²) < 4.78 is 0. The van der Waals surface area contributed by atoms with Crippen LogP contribution in [0, 0.1) is 11.3 Å². The highest BCUT2D eigenvalue weighted by atomic mass is 16.3. The maximum Gasteiger partial charge on any atom is 0.141 e. The first-order valence-electron chi connectivity index (χ1n) is 5.35. The van der Waals surface area contributed by atoms with Crippen LogP contribution in [-0.2, 0) is 0 Å². The van der Waals surface area contributed by atoms with Gasteiger partial charge >= 0.3 is 0 Å². The van der Waals surface area contributed by atoms with Crippen molar-refractivity contribution in [3.8, 4) is 11.8 Å². The Kier molecular flexibility index (Phi) is 1.99. The van der Waals surface area contributed by atoms with E-state index >= 15 is 0 Å². The Morgan fingerprint density at radius 2 is 1.24 bits per heavy atom. The van der Waals surface area contributed by atoms with Gasteiger partial charge in [-0.05, 0) is 10.8 Å². The first kappa shape index (κ1) is 9.68. The van der Waals surface area contributed by atoms with E-state index in [-0.39, 0.29) is 5.75 Å². The zero-order valence-electron chi connectivity index (χ0n) is 9.01. The lowest BCUT2D eigenvalue weighted by molar-refractivity contribution is 0.481. The highest BCUT2D eigenvalue weighted by Crippen LogP contribution is 2.36. The zero-order chi connectivity index (χ0) is 11.8. The summed E-state index contributed by atoms with van der Waals surface area (Å²) in [5, 5.41) is 22.8. The van der Waals surface area contributed by atoms with Crippen LogP contribution in [0.25, 0.3) is 21.5 Å². The summed E-state index contributed by atoms with van der Waals surface area (Å²) in [6.07, 6.45) is 0. The van der Waals surface area contributed by atoms with Crippen molar-refractivity contribution in [1.82, 2.24) is 0 Å². The maximum absolute atomic E-state index is 10.1. The molecule has 0 atom stereocenters. The second-order valence-electron chi connectivity index (χ2n) is 3.93. The summed E-state index contributed by atoms with van der Waals surface area (Å²) in [6.45, 7) is 0. The smallest absolute Gasteiger partial charge is 0.141 e. The third-order valence-electron chi connectivity index (χ3n) is 3.02. The number of nitriles is 1. The average molecular weight is 219 g/mol. The normalized spacial score (nSPS) is 10.5. The van der Waals surface area contributed by atoms with Crippen molar-refractivity contribution < 1.29 is 5.11 Å². The Labute approximate surface area is 98.3 Å². The Morgan fingerprint density at radius 1 is 0.765 bits per heavy atom. The van der Waals surface area contributed by atoms with Crippen molar-refractivity contribution >= 4 is 21.5 Å². The van der Waals surface area contributed by atoms with Crippen molar-refractivity contribution in [3.05, 3.63) is 54.1 Å². The van der Waals surface area contributed by atoms with E-state index in [0.29, 0.717) is 5.56 Å². The van der Waals surface area contributed by atoms with E-state index < -0.39 is 0 Å². The van der Waals surface area contributed by atoms with Crippen LogP contribution >= 0.6 is 0 Å². The van der Waals surface area contributed by atoms with Gasteiger partial charge < -0.3 is 5.11 Å². The molecule has 1 N–H and O–H groups in total. The van der Waals surface area contributed by atoms with Crippen molar-refractivity contribution in [2.45, 2.75) is 0 Å². The number of benzene rings is 3. The summed E-state index contributed by atoms with van der Waals surface area (Å²) in [6, 6.07) is 17.3. The molecule has 0 aliphatic rings. The fourth-order valence-electron chi connectivity index (χ4n) is 2.24. The van der Waals surface area contributed by atoms with Crippen molar-refractivity contribution in [2.24, 2.45) is 0 Å². The van der Waals surface area contributed by atoms with Crippen LogP contribution in [0.2, 0.25) is 0 Å². The van der Waals surface area contributed by atoms with E-state index in [1.54, 1.807) is 0 Å². The minimum Gasteiger partial charge on any atom is -0.506 e. The number of aromatic hydroxyl groups is 1. The molecule has 0 heterocycles. The molecule has 3 aromatic carbocycles. The largest absolute Gasteiger partial charge is 0.506 e. The molecular formula is C15H9NO. The van der Waals surface area contributed by atoms with Gasteiger partial charge in [0.1, 0.15) is 17.4 Å². The van der Waals surface area contributed by atoms with E-state index in [1.807, 2.05) is 48.5 Å². The minimum atomic E-state index is 0.0711. The molecule has 3 aromatic rings. The van der Waals surface area contributed by atoms with E-state index in [4.69, 9.17) is 5.26 Å². The highest BCUT2D eigenvalue weighted by molar-refractivity contribution is 6.12. The van der Waals surface area contributed by atoms with Gasteiger partial charge in [-0.15, -0.1) is 0 Å². The fourth-order valence-corrected chi connectivity index (χ4v) is 2.24. The predicted molar refractivity (Wildman–Crippen MR) is 67.8 cm³/mol. The lowest BCUT2D eigenvalue weighted by Crippen LogP contribution is -1.85. The van der Waals surface area contributed by atoms with Gasteiger partial charge in [-0.2, -0.15) is 5.26 Å². The molecule has 0 saturated heterocycles. The topological polar surface area (TPSA) is 44.0 Å². The van der Waals surface area contributed by atoms with Gasteiger partial charge in [0.2, 0.25) is 0 Å². The molecular weight excluding hydrogens is 210 g/mol. The van der Waals surface area contributed by atoms with Crippen LogP contribution in [0.15, 0.2) is 48.5 Å². The molecule has 0 aromatic heterocycles. The monoisotopic (exact) mass is 219 g/mol. The first-order chi connectivity index (χ1) is 8.33. The molecule has 0 aliphatic carbocycles. The summed E-state index contributed by atoms with van der Waals surface area (Å²) in [5.74, 6) is 0.0711. The molecule has 0 bridgehead atoms. The van der Waals surface area contributed by atoms with Crippen LogP contribution in [-0.4, -0.2) is 5.11 Å². The lowest BCUT2D eigenvalue weighted by Gasteiger charge is -2.08. The van der Waals surface area contributed by atoms with E-state index in [2.05, 4.69) is 6.07 Å². The maximum atomic E-state index is 10.1. The molecule has 2 nitrogen and oxygen atoms in total. The number of hydrogen-bond acceptors (Lipinski definition) is 2. The van der Waals surface area contributed by atoms with Crippen molar-refractivity contribution in [2.75, 3.05) is 0 Å². The number of fused-ring (bicyclic) bond motifs is 3. The molecule has 3 rings (SSSR count). The molecule has 80 valence electrons. The highest BCUT2D eigenvalue weighted by Gasteiger charge is 2.12.